The summed E-state index contributed by atoms with van der Waals surface area (Å²) >= 11 is 0. The van der Waals surface area contributed by atoms with Gasteiger partial charge in [-0.2, -0.15) is 0 Å². The van der Waals surface area contributed by atoms with Gasteiger partial charge in [-0.05, 0) is 82.2 Å². The number of piperidine rings is 1. The molecule has 5 heteroatoms. The normalized spacial score (nSPS) is 35.2. The number of amides is 1. The third kappa shape index (κ3) is 3.44. The molecule has 0 bridgehead atoms. The van der Waals surface area contributed by atoms with Crippen molar-refractivity contribution in [3.8, 4) is 0 Å². The molecular formula is C25H37N3O2. The lowest BCUT2D eigenvalue weighted by Crippen LogP contribution is -2.52. The lowest BCUT2D eigenvalue weighted by atomic mass is 9.64. The van der Waals surface area contributed by atoms with Gasteiger partial charge in [0.1, 0.15) is 0 Å². The fraction of sp³-hybridized carbons (Fsp3) is 0.720. The lowest BCUT2D eigenvalue weighted by molar-refractivity contribution is -0.142. The zero-order valence-corrected chi connectivity index (χ0v) is 18.7. The number of carbonyl (C=O) groups is 1. The number of hydrogen-bond acceptors (Lipinski definition) is 4. The third-order valence-electron chi connectivity index (χ3n) is 8.41. The van der Waals surface area contributed by atoms with E-state index in [2.05, 4.69) is 47.2 Å². The van der Waals surface area contributed by atoms with E-state index in [4.69, 9.17) is 4.74 Å². The van der Waals surface area contributed by atoms with Crippen molar-refractivity contribution in [2.24, 2.45) is 5.41 Å². The van der Waals surface area contributed by atoms with Gasteiger partial charge in [-0.25, -0.2) is 0 Å². The van der Waals surface area contributed by atoms with Crippen LogP contribution in [0.2, 0.25) is 0 Å². The molecule has 1 aromatic rings. The number of hydrogen-bond donors (Lipinski definition) is 1. The van der Waals surface area contributed by atoms with Crippen LogP contribution in [0.4, 0.5) is 5.69 Å². The minimum atomic E-state index is -0.284. The molecule has 2 unspecified atom stereocenters. The van der Waals surface area contributed by atoms with Gasteiger partial charge in [0.25, 0.3) is 0 Å². The smallest absolute Gasteiger partial charge is 0.227 e. The van der Waals surface area contributed by atoms with Crippen LogP contribution in [0, 0.1) is 12.3 Å². The Hall–Kier alpha value is -1.59. The summed E-state index contributed by atoms with van der Waals surface area (Å²) in [6.45, 7) is 10.3. The molecule has 4 aliphatic heterocycles. The van der Waals surface area contributed by atoms with Crippen molar-refractivity contribution in [1.29, 1.82) is 0 Å². The predicted octanol–water partition coefficient (Wildman–Crippen LogP) is 3.46. The summed E-state index contributed by atoms with van der Waals surface area (Å²) in [7, 11) is 0. The molecule has 4 saturated heterocycles. The molecule has 0 radical (unpaired) electrons. The van der Waals surface area contributed by atoms with Crippen LogP contribution in [0.25, 0.3) is 0 Å². The first-order valence-electron chi connectivity index (χ1n) is 12.1. The Bertz CT molecular complexity index is 791. The molecule has 4 atom stereocenters. The molecule has 0 aliphatic carbocycles. The van der Waals surface area contributed by atoms with Crippen LogP contribution in [0.1, 0.15) is 62.5 Å². The zero-order chi connectivity index (χ0) is 20.7. The van der Waals surface area contributed by atoms with E-state index in [9.17, 15) is 4.79 Å². The number of aryl methyl sites for hydroxylation is 1. The summed E-state index contributed by atoms with van der Waals surface area (Å²) in [6.07, 6.45) is 6.87. The minimum Gasteiger partial charge on any atom is -0.381 e. The summed E-state index contributed by atoms with van der Waals surface area (Å²) in [5, 5.41) is 3.15. The number of likely N-dealkylation sites (tertiary alicyclic amines) is 1. The van der Waals surface area contributed by atoms with Crippen LogP contribution in [-0.4, -0.2) is 62.3 Å². The van der Waals surface area contributed by atoms with Gasteiger partial charge < -0.3 is 15.0 Å². The second-order valence-corrected chi connectivity index (χ2v) is 10.1. The highest BCUT2D eigenvalue weighted by molar-refractivity contribution is 5.84. The van der Waals surface area contributed by atoms with E-state index in [1.54, 1.807) is 0 Å². The fourth-order valence-electron chi connectivity index (χ4n) is 6.64. The van der Waals surface area contributed by atoms with Gasteiger partial charge in [0.05, 0.1) is 12.0 Å². The largest absolute Gasteiger partial charge is 0.381 e. The van der Waals surface area contributed by atoms with Crippen molar-refractivity contribution in [2.45, 2.75) is 70.4 Å². The molecule has 5 rings (SSSR count). The Morgan fingerprint density at radius 2 is 2.07 bits per heavy atom. The first-order chi connectivity index (χ1) is 14.6. The summed E-state index contributed by atoms with van der Waals surface area (Å²) < 4.78 is 5.88. The average molecular weight is 412 g/mol. The quantitative estimate of drug-likeness (QED) is 0.827. The molecule has 30 heavy (non-hydrogen) atoms. The van der Waals surface area contributed by atoms with Gasteiger partial charge in [0, 0.05) is 49.9 Å². The summed E-state index contributed by atoms with van der Waals surface area (Å²) in [5.41, 5.74) is 3.66. The standard InChI is InChI=1S/C25H37N3O2/c1-18-15-20(27-13-8-21(16-27)28-12-3-5-19(28)2)6-7-22(18)23-17-30-14-10-25(23)9-4-11-26-24(25)29/h6-7,15,19,21,23H,3-5,8-14,16-17H2,1-2H3,(H,26,29)/t19-,21-,23?,25?/m1/s1. The van der Waals surface area contributed by atoms with Crippen molar-refractivity contribution < 1.29 is 9.53 Å². The van der Waals surface area contributed by atoms with Crippen molar-refractivity contribution in [3.05, 3.63) is 29.3 Å². The Labute approximate surface area is 181 Å². The summed E-state index contributed by atoms with van der Waals surface area (Å²) in [5.74, 6) is 0.407. The maximum Gasteiger partial charge on any atom is 0.227 e. The van der Waals surface area contributed by atoms with Crippen molar-refractivity contribution in [3.63, 3.8) is 0 Å². The molecule has 0 saturated carbocycles. The Morgan fingerprint density at radius 1 is 1.17 bits per heavy atom. The van der Waals surface area contributed by atoms with Crippen LogP contribution in [0.15, 0.2) is 18.2 Å². The molecule has 0 aromatic heterocycles. The molecular weight excluding hydrogens is 374 g/mol. The highest BCUT2D eigenvalue weighted by atomic mass is 16.5. The number of anilines is 1. The number of benzene rings is 1. The predicted molar refractivity (Wildman–Crippen MR) is 120 cm³/mol. The van der Waals surface area contributed by atoms with E-state index in [-0.39, 0.29) is 17.2 Å². The molecule has 4 heterocycles. The molecule has 4 aliphatic rings. The van der Waals surface area contributed by atoms with Gasteiger partial charge in [-0.1, -0.05) is 6.07 Å². The Balaban J connectivity index is 1.35. The fourth-order valence-corrected chi connectivity index (χ4v) is 6.64. The van der Waals surface area contributed by atoms with E-state index >= 15 is 0 Å². The maximum atomic E-state index is 13.0. The number of nitrogens with zero attached hydrogens (tertiary/aromatic N) is 2. The third-order valence-corrected chi connectivity index (χ3v) is 8.41. The van der Waals surface area contributed by atoms with Crippen LogP contribution in [0.3, 0.4) is 0 Å². The van der Waals surface area contributed by atoms with Crippen LogP contribution in [0.5, 0.6) is 0 Å². The van der Waals surface area contributed by atoms with Crippen molar-refractivity contribution in [1.82, 2.24) is 10.2 Å². The second-order valence-electron chi connectivity index (χ2n) is 10.1. The van der Waals surface area contributed by atoms with E-state index in [1.165, 1.54) is 42.6 Å². The molecule has 5 nitrogen and oxygen atoms in total. The van der Waals surface area contributed by atoms with Crippen LogP contribution < -0.4 is 10.2 Å². The number of rotatable bonds is 3. The Kier molecular flexibility index (Phi) is 5.53. The van der Waals surface area contributed by atoms with E-state index in [1.807, 2.05) is 0 Å². The molecule has 1 N–H and O–H groups in total. The first-order valence-corrected chi connectivity index (χ1v) is 12.1. The maximum absolute atomic E-state index is 13.0. The van der Waals surface area contributed by atoms with Gasteiger partial charge in [0.2, 0.25) is 5.91 Å². The van der Waals surface area contributed by atoms with Crippen LogP contribution in [-0.2, 0) is 9.53 Å². The summed E-state index contributed by atoms with van der Waals surface area (Å²) in [4.78, 5) is 18.2. The second kappa shape index (κ2) is 8.16. The lowest BCUT2D eigenvalue weighted by Gasteiger charge is -2.45. The van der Waals surface area contributed by atoms with E-state index in [0.29, 0.717) is 19.3 Å². The molecule has 1 spiro atoms. The number of nitrogens with one attached hydrogen (secondary N) is 1. The topological polar surface area (TPSA) is 44.8 Å². The monoisotopic (exact) mass is 411 g/mol. The van der Waals surface area contributed by atoms with Gasteiger partial charge in [-0.15, -0.1) is 0 Å². The van der Waals surface area contributed by atoms with Gasteiger partial charge in [0.15, 0.2) is 0 Å². The highest BCUT2D eigenvalue weighted by Gasteiger charge is 2.49. The number of ether oxygens (including phenoxy) is 1. The van der Waals surface area contributed by atoms with Gasteiger partial charge in [-0.3, -0.25) is 9.69 Å². The van der Waals surface area contributed by atoms with Crippen molar-refractivity contribution >= 4 is 11.6 Å². The SMILES string of the molecule is Cc1cc(N2CC[C@@H](N3CCC[C@H]3C)C2)ccc1C1COCCC12CCCNC2=O. The average Bonchev–Trinajstić information content (AvgIpc) is 3.40. The van der Waals surface area contributed by atoms with E-state index in [0.717, 1.165) is 44.9 Å². The first kappa shape index (κ1) is 20.3. The molecule has 1 amide bonds. The van der Waals surface area contributed by atoms with Crippen molar-refractivity contribution in [2.75, 3.05) is 44.3 Å². The van der Waals surface area contributed by atoms with Gasteiger partial charge >= 0.3 is 0 Å². The van der Waals surface area contributed by atoms with E-state index < -0.39 is 0 Å². The highest BCUT2D eigenvalue weighted by Crippen LogP contribution is 2.48. The number of carbonyl (C=O) groups excluding carboxylic acids is 1. The molecule has 4 fully saturated rings. The molecule has 1 aromatic carbocycles. The summed E-state index contributed by atoms with van der Waals surface area (Å²) in [6, 6.07) is 8.38. The minimum absolute atomic E-state index is 0.164. The Morgan fingerprint density at radius 3 is 2.83 bits per heavy atom. The molecule has 164 valence electrons. The zero-order valence-electron chi connectivity index (χ0n) is 18.7. The van der Waals surface area contributed by atoms with Crippen LogP contribution >= 0.6 is 0 Å².